The number of carboxylic acid groups (broad SMARTS) is 1. The van der Waals surface area contributed by atoms with Crippen molar-refractivity contribution in [1.82, 2.24) is 0 Å². The number of ketones is 2. The number of ether oxygens (including phenoxy) is 2. The van der Waals surface area contributed by atoms with Crippen LogP contribution in [0.1, 0.15) is 83.5 Å². The van der Waals surface area contributed by atoms with Gasteiger partial charge in [-0.05, 0) is 51.0 Å². The molecule has 2 rings (SSSR count). The maximum atomic E-state index is 12.8. The molecule has 1 N–H and O–H groups in total. The third-order valence-corrected chi connectivity index (χ3v) is 6.41. The first-order chi connectivity index (χ1) is 15.0. The fourth-order valence-corrected chi connectivity index (χ4v) is 4.60. The Morgan fingerprint density at radius 2 is 1.87 bits per heavy atom. The van der Waals surface area contributed by atoms with Gasteiger partial charge in [-0.3, -0.25) is 14.4 Å². The molecule has 2 fully saturated rings. The number of Topliss-reactive ketones (excluding diaryl/α,β-unsaturated/α-hetero) is 1. The molecule has 0 amide bonds. The molecular formula is C24H37ClO6. The van der Waals surface area contributed by atoms with Crippen molar-refractivity contribution in [1.29, 1.82) is 0 Å². The number of allylic oxidation sites excluding steroid dienone is 1. The fraction of sp³-hybridized carbons (Fsp3) is 0.792. The van der Waals surface area contributed by atoms with Crippen molar-refractivity contribution < 1.29 is 29.0 Å². The van der Waals surface area contributed by atoms with Gasteiger partial charge in [-0.25, -0.2) is 0 Å². The first-order valence-electron chi connectivity index (χ1n) is 11.8. The summed E-state index contributed by atoms with van der Waals surface area (Å²) < 4.78 is 11.9. The van der Waals surface area contributed by atoms with Gasteiger partial charge in [-0.15, -0.1) is 11.6 Å². The van der Waals surface area contributed by atoms with Crippen molar-refractivity contribution in [3.05, 3.63) is 12.2 Å². The smallest absolute Gasteiger partial charge is 0.303 e. The van der Waals surface area contributed by atoms with Crippen LogP contribution in [0.3, 0.4) is 0 Å². The molecule has 4 atom stereocenters. The van der Waals surface area contributed by atoms with E-state index in [1.165, 1.54) is 0 Å². The van der Waals surface area contributed by atoms with Crippen LogP contribution in [0.15, 0.2) is 12.2 Å². The quantitative estimate of drug-likeness (QED) is 0.210. The summed E-state index contributed by atoms with van der Waals surface area (Å²) in [6.45, 7) is 0.685. The molecule has 0 bridgehead atoms. The molecule has 176 valence electrons. The van der Waals surface area contributed by atoms with Gasteiger partial charge in [0.15, 0.2) is 12.1 Å². The van der Waals surface area contributed by atoms with Crippen molar-refractivity contribution in [3.8, 4) is 0 Å². The zero-order chi connectivity index (χ0) is 22.5. The van der Waals surface area contributed by atoms with E-state index in [-0.39, 0.29) is 42.2 Å². The van der Waals surface area contributed by atoms with Crippen LogP contribution in [0.5, 0.6) is 0 Å². The predicted molar refractivity (Wildman–Crippen MR) is 119 cm³/mol. The maximum Gasteiger partial charge on any atom is 0.303 e. The van der Waals surface area contributed by atoms with E-state index in [9.17, 15) is 14.4 Å². The number of alkyl halides is 1. The van der Waals surface area contributed by atoms with Gasteiger partial charge in [-0.1, -0.05) is 25.3 Å². The van der Waals surface area contributed by atoms with E-state index in [0.717, 1.165) is 57.8 Å². The number of hydrogen-bond donors (Lipinski definition) is 1. The molecule has 7 heteroatoms. The van der Waals surface area contributed by atoms with Gasteiger partial charge in [0.25, 0.3) is 0 Å². The summed E-state index contributed by atoms with van der Waals surface area (Å²) in [7, 11) is 0. The summed E-state index contributed by atoms with van der Waals surface area (Å²) in [4.78, 5) is 35.6. The normalized spacial score (nSPS) is 26.5. The van der Waals surface area contributed by atoms with Crippen LogP contribution in [0.4, 0.5) is 0 Å². The van der Waals surface area contributed by atoms with Crippen LogP contribution < -0.4 is 0 Å². The Bertz CT molecular complexity index is 599. The Hall–Kier alpha value is -1.24. The van der Waals surface area contributed by atoms with Gasteiger partial charge >= 0.3 is 5.97 Å². The monoisotopic (exact) mass is 456 g/mol. The average Bonchev–Trinajstić information content (AvgIpc) is 3.03. The highest BCUT2D eigenvalue weighted by atomic mass is 35.5. The van der Waals surface area contributed by atoms with Crippen molar-refractivity contribution in [3.63, 3.8) is 0 Å². The van der Waals surface area contributed by atoms with Gasteiger partial charge in [0.05, 0.1) is 6.10 Å². The van der Waals surface area contributed by atoms with Crippen molar-refractivity contribution in [2.24, 2.45) is 11.8 Å². The minimum Gasteiger partial charge on any atom is -0.481 e. The maximum absolute atomic E-state index is 12.8. The number of hydrogen-bond acceptors (Lipinski definition) is 5. The second-order valence-corrected chi connectivity index (χ2v) is 9.02. The summed E-state index contributed by atoms with van der Waals surface area (Å²) in [5.74, 6) is -0.231. The lowest BCUT2D eigenvalue weighted by Gasteiger charge is -2.28. The highest BCUT2D eigenvalue weighted by Gasteiger charge is 2.42. The molecule has 1 unspecified atom stereocenters. The molecule has 31 heavy (non-hydrogen) atoms. The molecule has 2 aliphatic rings. The topological polar surface area (TPSA) is 89.9 Å². The van der Waals surface area contributed by atoms with Crippen LogP contribution in [-0.2, 0) is 23.9 Å². The lowest BCUT2D eigenvalue weighted by Crippen LogP contribution is -2.30. The van der Waals surface area contributed by atoms with E-state index in [2.05, 4.69) is 0 Å². The lowest BCUT2D eigenvalue weighted by atomic mass is 9.88. The molecule has 1 aliphatic heterocycles. The molecule has 0 spiro atoms. The summed E-state index contributed by atoms with van der Waals surface area (Å²) >= 11 is 5.68. The Labute approximate surface area is 190 Å². The van der Waals surface area contributed by atoms with E-state index in [4.69, 9.17) is 26.2 Å². The third-order valence-electron chi connectivity index (χ3n) is 6.14. The van der Waals surface area contributed by atoms with Crippen LogP contribution in [-0.4, -0.2) is 47.5 Å². The fourth-order valence-electron chi connectivity index (χ4n) is 4.41. The van der Waals surface area contributed by atoms with E-state index < -0.39 is 5.97 Å². The Morgan fingerprint density at radius 3 is 2.58 bits per heavy atom. The summed E-state index contributed by atoms with van der Waals surface area (Å²) in [5.41, 5.74) is 0. The largest absolute Gasteiger partial charge is 0.481 e. The Kier molecular flexibility index (Phi) is 12.4. The van der Waals surface area contributed by atoms with Crippen LogP contribution in [0, 0.1) is 11.8 Å². The molecule has 0 aromatic carbocycles. The second-order valence-electron chi connectivity index (χ2n) is 8.64. The van der Waals surface area contributed by atoms with E-state index >= 15 is 0 Å². The van der Waals surface area contributed by atoms with Crippen LogP contribution >= 0.6 is 11.6 Å². The lowest BCUT2D eigenvalue weighted by molar-refractivity contribution is -0.192. The Balaban J connectivity index is 1.92. The molecule has 1 heterocycles. The van der Waals surface area contributed by atoms with Gasteiger partial charge in [0, 0.05) is 43.6 Å². The minimum absolute atomic E-state index is 0.0598. The molecule has 0 aromatic heterocycles. The van der Waals surface area contributed by atoms with Gasteiger partial charge in [0.2, 0.25) is 0 Å². The van der Waals surface area contributed by atoms with E-state index in [1.54, 1.807) is 6.08 Å². The highest BCUT2D eigenvalue weighted by Crippen LogP contribution is 2.37. The van der Waals surface area contributed by atoms with Crippen LogP contribution in [0.25, 0.3) is 0 Å². The molecule has 6 nitrogen and oxygen atoms in total. The number of rotatable bonds is 15. The van der Waals surface area contributed by atoms with E-state index in [0.29, 0.717) is 31.7 Å². The summed E-state index contributed by atoms with van der Waals surface area (Å²) in [5, 5.41) is 8.74. The van der Waals surface area contributed by atoms with Crippen molar-refractivity contribution >= 4 is 29.1 Å². The van der Waals surface area contributed by atoms with Gasteiger partial charge < -0.3 is 14.6 Å². The summed E-state index contributed by atoms with van der Waals surface area (Å²) in [6, 6.07) is 0. The standard InChI is InChI=1S/C24H37ClO6/c25-15-7-5-9-18(26)13-14-20-19(10-3-1-2-4-11-23(28)29)21(27)17-22(20)31-24-12-6-8-16-30-24/h13-14,19-20,22,24H,1-12,15-17H2,(H,28,29)/t19-,20-,22-,24?/m1/s1. The van der Waals surface area contributed by atoms with Crippen molar-refractivity contribution in [2.45, 2.75) is 95.9 Å². The number of carbonyl (C=O) groups is 3. The SMILES string of the molecule is O=C(O)CCCCCC[C@H]1C(=O)C[C@@H](OC2CCCCO2)[C@@H]1C=CC(=O)CCCCCl. The first-order valence-corrected chi connectivity index (χ1v) is 12.3. The molecule has 0 radical (unpaired) electrons. The number of carboxylic acids is 1. The minimum atomic E-state index is -0.767. The number of carbonyl (C=O) groups excluding carboxylic acids is 2. The van der Waals surface area contributed by atoms with E-state index in [1.807, 2.05) is 6.08 Å². The summed E-state index contributed by atoms with van der Waals surface area (Å²) in [6.07, 6.45) is 12.6. The van der Waals surface area contributed by atoms with Gasteiger partial charge in [-0.2, -0.15) is 0 Å². The molecule has 1 aliphatic carbocycles. The number of unbranched alkanes of at least 4 members (excludes halogenated alkanes) is 4. The average molecular weight is 457 g/mol. The molecular weight excluding hydrogens is 420 g/mol. The molecule has 1 saturated carbocycles. The predicted octanol–water partition coefficient (Wildman–Crippen LogP) is 5.06. The second kappa shape index (κ2) is 14.8. The van der Waals surface area contributed by atoms with Crippen molar-refractivity contribution in [2.75, 3.05) is 12.5 Å². The number of halogens is 1. The first kappa shape index (κ1) is 26.0. The third kappa shape index (κ3) is 9.84. The molecule has 0 aromatic rings. The van der Waals surface area contributed by atoms with Gasteiger partial charge in [0.1, 0.15) is 5.78 Å². The highest BCUT2D eigenvalue weighted by molar-refractivity contribution is 6.17. The number of aliphatic carboxylic acids is 1. The Morgan fingerprint density at radius 1 is 1.10 bits per heavy atom. The molecule has 1 saturated heterocycles. The van der Waals surface area contributed by atoms with Crippen LogP contribution in [0.2, 0.25) is 0 Å². The zero-order valence-corrected chi connectivity index (χ0v) is 19.2. The zero-order valence-electron chi connectivity index (χ0n) is 18.4.